The number of amides is 2. The maximum Gasteiger partial charge on any atom is 0.408 e. The fraction of sp³-hybridized carbons (Fsp3) is 0.882. The van der Waals surface area contributed by atoms with Crippen LogP contribution >= 0.6 is 7.60 Å². The van der Waals surface area contributed by atoms with E-state index in [4.69, 9.17) is 18.5 Å². The predicted molar refractivity (Wildman–Crippen MR) is 104 cm³/mol. The normalized spacial score (nSPS) is 14.8. The molecule has 166 valence electrons. The van der Waals surface area contributed by atoms with Crippen LogP contribution in [0.15, 0.2) is 0 Å². The zero-order valence-corrected chi connectivity index (χ0v) is 18.9. The van der Waals surface area contributed by atoms with E-state index in [1.54, 1.807) is 55.4 Å². The Hall–Kier alpha value is -1.35. The Morgan fingerprint density at radius 2 is 1.36 bits per heavy atom. The minimum Gasteiger partial charge on any atom is -0.444 e. The van der Waals surface area contributed by atoms with E-state index in [-0.39, 0.29) is 19.8 Å². The number of hydrogen-bond donors (Lipinski definition) is 3. The van der Waals surface area contributed by atoms with Gasteiger partial charge in [0.15, 0.2) is 5.85 Å². The number of hydrogen-bond acceptors (Lipinski definition) is 8. The summed E-state index contributed by atoms with van der Waals surface area (Å²) in [5.74, 6) is -1.74. The summed E-state index contributed by atoms with van der Waals surface area (Å²) in [7, 11) is -3.98. The molecule has 0 rings (SSSR count). The van der Waals surface area contributed by atoms with Crippen LogP contribution in [0.25, 0.3) is 0 Å². The Bertz CT molecular complexity index is 546. The molecule has 0 aliphatic carbocycles. The maximum absolute atomic E-state index is 12.9. The van der Waals surface area contributed by atoms with Gasteiger partial charge in [0, 0.05) is 6.54 Å². The van der Waals surface area contributed by atoms with Gasteiger partial charge >= 0.3 is 19.8 Å². The van der Waals surface area contributed by atoms with Crippen LogP contribution in [0.1, 0.15) is 55.4 Å². The van der Waals surface area contributed by atoms with Crippen molar-refractivity contribution in [1.29, 1.82) is 0 Å². The molecule has 0 heterocycles. The molecule has 2 amide bonds. The Morgan fingerprint density at radius 3 is 1.75 bits per heavy atom. The third-order valence-corrected chi connectivity index (χ3v) is 5.11. The van der Waals surface area contributed by atoms with E-state index in [9.17, 15) is 19.3 Å². The van der Waals surface area contributed by atoms with Crippen molar-refractivity contribution in [2.75, 3.05) is 19.8 Å². The summed E-state index contributed by atoms with van der Waals surface area (Å²) in [6.45, 7) is 13.0. The summed E-state index contributed by atoms with van der Waals surface area (Å²) >= 11 is 0. The van der Waals surface area contributed by atoms with E-state index in [1.165, 1.54) is 0 Å². The van der Waals surface area contributed by atoms with E-state index in [2.05, 4.69) is 10.6 Å². The molecule has 0 fully saturated rings. The maximum atomic E-state index is 12.9. The summed E-state index contributed by atoms with van der Waals surface area (Å²) in [5.41, 5.74) is -1.52. The number of carbonyl (C=O) groups excluding carboxylic acids is 2. The van der Waals surface area contributed by atoms with Crippen LogP contribution in [0.5, 0.6) is 0 Å². The minimum atomic E-state index is -3.98. The number of ether oxygens (including phenoxy) is 2. The van der Waals surface area contributed by atoms with Crippen molar-refractivity contribution in [3.05, 3.63) is 0 Å². The SMILES string of the molecule is CCOP(=O)(OCC)[C@@H](O)[C@H](CNC(=O)OC(C)(C)C)NC(=O)OC(C)(C)C. The van der Waals surface area contributed by atoms with Crippen molar-refractivity contribution in [3.63, 3.8) is 0 Å². The summed E-state index contributed by atoms with van der Waals surface area (Å²) < 4.78 is 33.4. The zero-order chi connectivity index (χ0) is 22.2. The highest BCUT2D eigenvalue weighted by Crippen LogP contribution is 2.53. The second-order valence-corrected chi connectivity index (χ2v) is 10.0. The number of nitrogens with one attached hydrogen (secondary N) is 2. The lowest BCUT2D eigenvalue weighted by molar-refractivity contribution is 0.0407. The van der Waals surface area contributed by atoms with Crippen LogP contribution in [0.2, 0.25) is 0 Å². The van der Waals surface area contributed by atoms with Gasteiger partial charge < -0.3 is 34.3 Å². The van der Waals surface area contributed by atoms with Gasteiger partial charge in [0.1, 0.15) is 11.2 Å². The fourth-order valence-corrected chi connectivity index (χ4v) is 3.69. The first-order chi connectivity index (χ1) is 12.6. The number of aliphatic hydroxyl groups excluding tert-OH is 1. The molecule has 0 unspecified atom stereocenters. The smallest absolute Gasteiger partial charge is 0.408 e. The zero-order valence-electron chi connectivity index (χ0n) is 18.0. The molecule has 28 heavy (non-hydrogen) atoms. The molecule has 0 aliphatic rings. The van der Waals surface area contributed by atoms with Gasteiger partial charge in [-0.15, -0.1) is 0 Å². The second kappa shape index (κ2) is 11.0. The third-order valence-electron chi connectivity index (χ3n) is 2.87. The van der Waals surface area contributed by atoms with Gasteiger partial charge in [-0.2, -0.15) is 0 Å². The third kappa shape index (κ3) is 10.8. The number of aliphatic hydroxyl groups is 1. The Kier molecular flexibility index (Phi) is 10.5. The van der Waals surface area contributed by atoms with Crippen LogP contribution in [0.4, 0.5) is 9.59 Å². The fourth-order valence-electron chi connectivity index (χ4n) is 1.97. The molecule has 0 aromatic heterocycles. The van der Waals surface area contributed by atoms with Crippen molar-refractivity contribution in [2.24, 2.45) is 0 Å². The van der Waals surface area contributed by atoms with Crippen LogP contribution in [0, 0.1) is 0 Å². The van der Waals surface area contributed by atoms with Crippen molar-refractivity contribution in [2.45, 2.75) is 78.5 Å². The molecular formula is C17H35N2O8P. The lowest BCUT2D eigenvalue weighted by Gasteiger charge is -2.30. The molecule has 3 N–H and O–H groups in total. The Balaban J connectivity index is 5.38. The van der Waals surface area contributed by atoms with Crippen molar-refractivity contribution in [1.82, 2.24) is 10.6 Å². The topological polar surface area (TPSA) is 132 Å². The summed E-state index contributed by atoms with van der Waals surface area (Å²) in [6.07, 6.45) is -1.62. The van der Waals surface area contributed by atoms with E-state index in [0.29, 0.717) is 0 Å². The molecule has 0 aromatic rings. The first kappa shape index (κ1) is 26.6. The highest BCUT2D eigenvalue weighted by Gasteiger charge is 2.41. The van der Waals surface area contributed by atoms with Gasteiger partial charge in [-0.25, -0.2) is 9.59 Å². The van der Waals surface area contributed by atoms with Crippen LogP contribution in [-0.2, 0) is 23.1 Å². The monoisotopic (exact) mass is 426 g/mol. The number of alkyl carbamates (subject to hydrolysis) is 2. The molecule has 0 bridgehead atoms. The van der Waals surface area contributed by atoms with E-state index in [1.807, 2.05) is 0 Å². The molecule has 0 saturated heterocycles. The summed E-state index contributed by atoms with van der Waals surface area (Å²) in [6, 6.07) is -1.22. The molecule has 2 atom stereocenters. The standard InChI is InChI=1S/C17H35N2O8P/c1-9-24-28(23,25-10-2)13(20)12(19-15(22)27-17(6,7)8)11-18-14(21)26-16(3,4)5/h12-13,20H,9-11H2,1-8H3,(H,18,21)(H,19,22)/t12-,13+/m0/s1. The number of carbonyl (C=O) groups is 2. The van der Waals surface area contributed by atoms with Gasteiger partial charge in [-0.05, 0) is 55.4 Å². The molecule has 0 aromatic carbocycles. The van der Waals surface area contributed by atoms with E-state index < -0.39 is 42.9 Å². The Labute approximate surface area is 167 Å². The quantitative estimate of drug-likeness (QED) is 0.479. The summed E-state index contributed by atoms with van der Waals surface area (Å²) in [5, 5.41) is 15.4. The molecule has 11 heteroatoms. The van der Waals surface area contributed by atoms with Gasteiger partial charge in [0.05, 0.1) is 19.3 Å². The van der Waals surface area contributed by atoms with E-state index >= 15 is 0 Å². The largest absolute Gasteiger partial charge is 0.444 e. The lowest BCUT2D eigenvalue weighted by Crippen LogP contribution is -2.52. The van der Waals surface area contributed by atoms with Crippen molar-refractivity contribution in [3.8, 4) is 0 Å². The summed E-state index contributed by atoms with van der Waals surface area (Å²) in [4.78, 5) is 24.0. The van der Waals surface area contributed by atoms with Gasteiger partial charge in [-0.1, -0.05) is 0 Å². The number of rotatable bonds is 9. The van der Waals surface area contributed by atoms with Gasteiger partial charge in [0.25, 0.3) is 0 Å². The molecule has 0 aliphatic heterocycles. The van der Waals surface area contributed by atoms with Crippen molar-refractivity contribution < 1.29 is 37.8 Å². The van der Waals surface area contributed by atoms with Crippen molar-refractivity contribution >= 4 is 19.8 Å². The first-order valence-corrected chi connectivity index (χ1v) is 10.8. The lowest BCUT2D eigenvalue weighted by atomic mass is 10.2. The first-order valence-electron chi connectivity index (χ1n) is 9.16. The van der Waals surface area contributed by atoms with Gasteiger partial charge in [-0.3, -0.25) is 4.57 Å². The van der Waals surface area contributed by atoms with Crippen LogP contribution < -0.4 is 10.6 Å². The Morgan fingerprint density at radius 1 is 0.929 bits per heavy atom. The minimum absolute atomic E-state index is 0.0208. The average Bonchev–Trinajstić information content (AvgIpc) is 2.47. The van der Waals surface area contributed by atoms with Crippen LogP contribution in [0.3, 0.4) is 0 Å². The highest BCUT2D eigenvalue weighted by atomic mass is 31.2. The van der Waals surface area contributed by atoms with Gasteiger partial charge in [0.2, 0.25) is 0 Å². The van der Waals surface area contributed by atoms with E-state index in [0.717, 1.165) is 0 Å². The highest BCUT2D eigenvalue weighted by molar-refractivity contribution is 7.54. The molecule has 10 nitrogen and oxygen atoms in total. The predicted octanol–water partition coefficient (Wildman–Crippen LogP) is 2.99. The van der Waals surface area contributed by atoms with Crippen LogP contribution in [-0.4, -0.2) is 60.1 Å². The molecule has 0 spiro atoms. The molecule has 0 saturated carbocycles. The molecular weight excluding hydrogens is 391 g/mol. The second-order valence-electron chi connectivity index (χ2n) is 7.92. The average molecular weight is 426 g/mol. The molecule has 0 radical (unpaired) electrons.